The number of fused-ring (bicyclic) bond motifs is 1. The normalized spacial score (nSPS) is 21.9. The molecule has 2 aromatic carbocycles. The van der Waals surface area contributed by atoms with E-state index >= 15 is 0 Å². The maximum Gasteiger partial charge on any atom is 0.329 e. The van der Waals surface area contributed by atoms with E-state index in [-0.39, 0.29) is 30.6 Å². The molecule has 0 aliphatic carbocycles. The van der Waals surface area contributed by atoms with Crippen LogP contribution in [0.2, 0.25) is 0 Å². The van der Waals surface area contributed by atoms with Crippen molar-refractivity contribution in [3.63, 3.8) is 0 Å². The number of esters is 1. The highest BCUT2D eigenvalue weighted by Gasteiger charge is 2.41. The van der Waals surface area contributed by atoms with Gasteiger partial charge in [-0.2, -0.15) is 0 Å². The van der Waals surface area contributed by atoms with E-state index in [0.29, 0.717) is 16.5 Å². The molecule has 2 heterocycles. The van der Waals surface area contributed by atoms with Gasteiger partial charge in [0.05, 0.1) is 51.8 Å². The first-order valence-corrected chi connectivity index (χ1v) is 32.8. The van der Waals surface area contributed by atoms with E-state index in [1.807, 2.05) is 21.3 Å². The van der Waals surface area contributed by atoms with Gasteiger partial charge in [0.15, 0.2) is 5.78 Å². The number of carboxylic acids is 4. The number of carbonyl (C=O) groups is 20. The molecule has 43 nitrogen and oxygen atoms in total. The monoisotopic (exact) mass is 1510 g/mol. The number of hydrogen-bond donors (Lipinski definition) is 22. The van der Waals surface area contributed by atoms with Crippen LogP contribution in [0.5, 0.6) is 0 Å². The number of cyclic esters (lactones) is 1. The Kier molecular flexibility index (Phi) is 33.7. The van der Waals surface area contributed by atoms with Crippen molar-refractivity contribution < 1.29 is 126 Å². The Balaban J connectivity index is 1.88. The van der Waals surface area contributed by atoms with Gasteiger partial charge in [-0.3, -0.25) is 91.1 Å². The number of carbonyl (C=O) groups excluding carboxylic acids is 16. The Morgan fingerprint density at radius 2 is 1.10 bits per heavy atom. The number of amides is 14. The first-order chi connectivity index (χ1) is 50.3. The molecule has 1 aliphatic rings. The largest absolute Gasteiger partial charge is 0.481 e. The summed E-state index contributed by atoms with van der Waals surface area (Å²) in [7, 11) is 0. The zero-order chi connectivity index (χ0) is 80.1. The van der Waals surface area contributed by atoms with E-state index < -0.39 is 261 Å². The number of ether oxygens (including phenoxy) is 1. The molecular formula is C64H85N17O26. The van der Waals surface area contributed by atoms with Crippen LogP contribution in [-0.2, 0) is 102 Å². The number of rotatable bonds is 27. The van der Waals surface area contributed by atoms with Gasteiger partial charge >= 0.3 is 29.8 Å². The predicted octanol–water partition coefficient (Wildman–Crippen LogP) is -8.74. The molecule has 14 amide bonds. The van der Waals surface area contributed by atoms with E-state index in [4.69, 9.17) is 21.9 Å². The Morgan fingerprint density at radius 1 is 0.570 bits per heavy atom. The molecule has 582 valence electrons. The number of aromatic nitrogens is 1. The predicted molar refractivity (Wildman–Crippen MR) is 363 cm³/mol. The van der Waals surface area contributed by atoms with Crippen molar-refractivity contribution in [2.75, 3.05) is 32.0 Å². The highest BCUT2D eigenvalue weighted by atomic mass is 16.5. The lowest BCUT2D eigenvalue weighted by Gasteiger charge is -2.30. The second kappa shape index (κ2) is 41.6. The summed E-state index contributed by atoms with van der Waals surface area (Å²) < 4.78 is 5.64. The Bertz CT molecular complexity index is 3880. The number of aromatic amines is 1. The number of para-hydroxylation sites is 2. The van der Waals surface area contributed by atoms with E-state index in [2.05, 4.69) is 52.8 Å². The average molecular weight is 1510 g/mol. The molecule has 12 unspecified atom stereocenters. The van der Waals surface area contributed by atoms with Crippen LogP contribution in [0.4, 0.5) is 5.69 Å². The van der Waals surface area contributed by atoms with Crippen LogP contribution in [0.25, 0.3) is 10.9 Å². The number of nitrogens with two attached hydrogens (primary N) is 3. The third-order valence-electron chi connectivity index (χ3n) is 15.9. The number of benzene rings is 2. The number of primary amides is 1. The molecule has 1 saturated heterocycles. The number of nitrogen functional groups attached to an aromatic ring is 1. The molecule has 0 radical (unpaired) electrons. The zero-order valence-electron chi connectivity index (χ0n) is 57.9. The van der Waals surface area contributed by atoms with E-state index in [1.165, 1.54) is 30.5 Å². The molecule has 4 rings (SSSR count). The molecule has 13 atom stereocenters. The first-order valence-electron chi connectivity index (χ1n) is 32.8. The topological polar surface area (TPSA) is 702 Å². The van der Waals surface area contributed by atoms with Crippen molar-refractivity contribution >= 4 is 135 Å². The molecule has 0 spiro atoms. The Morgan fingerprint density at radius 3 is 1.68 bits per heavy atom. The van der Waals surface area contributed by atoms with E-state index in [1.54, 1.807) is 24.3 Å². The van der Waals surface area contributed by atoms with Gasteiger partial charge in [0.1, 0.15) is 72.6 Å². The fourth-order valence-electron chi connectivity index (χ4n) is 10.5. The van der Waals surface area contributed by atoms with E-state index in [9.17, 15) is 121 Å². The van der Waals surface area contributed by atoms with Crippen molar-refractivity contribution in [3.8, 4) is 0 Å². The van der Waals surface area contributed by atoms with Gasteiger partial charge in [0, 0.05) is 48.1 Å². The summed E-state index contributed by atoms with van der Waals surface area (Å²) >= 11 is 0. The lowest BCUT2D eigenvalue weighted by atomic mass is 9.96. The minimum Gasteiger partial charge on any atom is -0.481 e. The number of aliphatic hydroxyl groups is 1. The minimum atomic E-state index is -2.45. The molecule has 1 aliphatic heterocycles. The van der Waals surface area contributed by atoms with Gasteiger partial charge in [-0.1, -0.05) is 37.3 Å². The zero-order valence-corrected chi connectivity index (χ0v) is 57.9. The number of anilines is 1. The summed E-state index contributed by atoms with van der Waals surface area (Å²) in [4.78, 5) is 273. The molecule has 3 aromatic rings. The number of nitrogens with one attached hydrogen (secondary N) is 14. The summed E-state index contributed by atoms with van der Waals surface area (Å²) in [5.74, 6) is -30.0. The van der Waals surface area contributed by atoms with Crippen molar-refractivity contribution in [2.24, 2.45) is 17.4 Å². The fraction of sp³-hybridized carbons (Fsp3) is 0.469. The second-order valence-electron chi connectivity index (χ2n) is 24.5. The lowest BCUT2D eigenvalue weighted by molar-refractivity contribution is -0.156. The summed E-state index contributed by atoms with van der Waals surface area (Å²) in [6.07, 6.45) is -8.36. The van der Waals surface area contributed by atoms with Crippen LogP contribution >= 0.6 is 0 Å². The molecule has 25 N–H and O–H groups in total. The molecular weight excluding hydrogens is 1420 g/mol. The summed E-state index contributed by atoms with van der Waals surface area (Å²) in [6, 6.07) is -10.7. The third kappa shape index (κ3) is 28.1. The molecule has 0 saturated carbocycles. The smallest absolute Gasteiger partial charge is 0.329 e. The van der Waals surface area contributed by atoms with Crippen molar-refractivity contribution in [1.82, 2.24) is 74.1 Å². The average Bonchev–Trinajstić information content (AvgIpc) is 1.44. The van der Waals surface area contributed by atoms with Crippen LogP contribution in [0.3, 0.4) is 0 Å². The maximum absolute atomic E-state index is 14.7. The molecule has 43 heteroatoms. The number of aliphatic hydroxyl groups excluding tert-OH is 1. The first kappa shape index (κ1) is 86.7. The fourth-order valence-corrected chi connectivity index (χ4v) is 10.5. The SMILES string of the molecule is CC(=O)N[C@H](Cc1c[nH]c2ccccc12)C(=O)NC(CC(N)=O)C(=O)NC(CC(=O)O)C(=O)NC1C(=O)NCC(=O)NC(CCCN)C(=O)NC(CC(=O)O)C(=O)NC(C)C(=O)NC(CC(=O)O)C(=O)NCC(=O)NC(CO)C(=O)NC(C(C)CC(=O)O)C(=O)NC(CC(=O)c2ccccc2N)C(=O)OC1C. The van der Waals surface area contributed by atoms with Gasteiger partial charge in [-0.15, -0.1) is 0 Å². The third-order valence-corrected chi connectivity index (χ3v) is 15.9. The molecule has 1 aromatic heterocycles. The van der Waals surface area contributed by atoms with Crippen molar-refractivity contribution in [2.45, 2.75) is 158 Å². The number of aliphatic carboxylic acids is 4. The number of Topliss-reactive ketones (excluding diaryl/α,β-unsaturated/α-hetero) is 1. The Hall–Kier alpha value is -12.7. The van der Waals surface area contributed by atoms with Gasteiger partial charge in [-0.25, -0.2) is 4.79 Å². The van der Waals surface area contributed by atoms with Crippen molar-refractivity contribution in [3.05, 3.63) is 65.9 Å². The number of H-pyrrole nitrogens is 1. The lowest BCUT2D eigenvalue weighted by Crippen LogP contribution is -2.62. The van der Waals surface area contributed by atoms with Gasteiger partial charge in [0.25, 0.3) is 0 Å². The molecule has 0 bridgehead atoms. The maximum atomic E-state index is 14.7. The number of hydrogen-bond acceptors (Lipinski definition) is 24. The minimum absolute atomic E-state index is 0.0941. The van der Waals surface area contributed by atoms with Crippen LogP contribution in [-0.4, -0.2) is 248 Å². The highest BCUT2D eigenvalue weighted by Crippen LogP contribution is 2.21. The summed E-state index contributed by atoms with van der Waals surface area (Å²) in [6.45, 7) is 0.0906. The van der Waals surface area contributed by atoms with Gasteiger partial charge in [-0.05, 0) is 62.9 Å². The van der Waals surface area contributed by atoms with Crippen LogP contribution < -0.4 is 86.3 Å². The quantitative estimate of drug-likeness (QED) is 0.0191. The van der Waals surface area contributed by atoms with Crippen LogP contribution in [0, 0.1) is 5.92 Å². The number of ketones is 1. The standard InChI is InChI=1S/C64H85N17O26/c1-27(16-48(88)89)52-63(105)79-42(18-44(84)33-11-5-7-12-34(33)66)64(106)107-29(3)53(81-60(102)41(22-51(94)95)78-59(101)38(19-45(67)85)76-58(100)37(72-30(4)83)17-31-23-68-35-13-8-6-10-32(31)35)62(104)70-25-46(86)73-36(14-9-15-65)56(98)77-40(21-50(92)93)57(99)71-28(2)54(96)75-39(20-49(90)91)55(97)69-24-47(87)74-43(26-82)61(103)80-52/h5-8,10-13,23,27-29,36-43,52-53,68,82H,9,14-22,24-26,65-66H2,1-4H3,(H2,67,85)(H,69,97)(H,70,104)(H,71,99)(H,72,83)(H,73,86)(H,74,87)(H,75,96)(H,76,100)(H,77,98)(H,78,101)(H,79,105)(H,80,103)(H,81,102)(H,88,89)(H,90,91)(H,92,93)(H,94,95)/t27?,28?,29?,36?,37-,38?,39?,40?,41?,42?,43?,52?,53?/m1/s1. The number of carboxylic acid groups (broad SMARTS) is 4. The Labute approximate surface area is 606 Å². The van der Waals surface area contributed by atoms with Gasteiger partial charge < -0.3 is 122 Å². The second-order valence-corrected chi connectivity index (χ2v) is 24.5. The molecule has 1 fully saturated rings. The van der Waals surface area contributed by atoms with Crippen LogP contribution in [0.15, 0.2) is 54.7 Å². The molecule has 107 heavy (non-hydrogen) atoms. The van der Waals surface area contributed by atoms with Gasteiger partial charge in [0.2, 0.25) is 82.7 Å². The van der Waals surface area contributed by atoms with Crippen molar-refractivity contribution in [1.29, 1.82) is 0 Å². The summed E-state index contributed by atoms with van der Waals surface area (Å²) in [5.41, 5.74) is 17.9. The summed E-state index contributed by atoms with van der Waals surface area (Å²) in [5, 5.41) is 77.8. The highest BCUT2D eigenvalue weighted by molar-refractivity contribution is 6.05. The van der Waals surface area contributed by atoms with Crippen LogP contribution in [0.1, 0.15) is 95.0 Å². The van der Waals surface area contributed by atoms with E-state index in [0.717, 1.165) is 27.7 Å².